The first kappa shape index (κ1) is 42.6. The van der Waals surface area contributed by atoms with Crippen molar-refractivity contribution in [2.45, 2.75) is 32.2 Å². The highest BCUT2D eigenvalue weighted by Crippen LogP contribution is 2.28. The number of carboxylic acids is 1. The fraction of sp³-hybridized carbons (Fsp3) is 0.415. The molecule has 0 unspecified atom stereocenters. The van der Waals surface area contributed by atoms with Gasteiger partial charge in [0.2, 0.25) is 11.8 Å². The Balaban J connectivity index is 1.16. The SMILES string of the molecule is Cc1ccnc(NCCCC(=O)NCC(=O)N[C@@H](CC(=O)O)c2ccc(-c3ccc4cc(OCCOCCOCCOCCOCCN)ccc4c3)cc2)c1. The molecule has 0 spiro atoms. The van der Waals surface area contributed by atoms with Gasteiger partial charge in [0.15, 0.2) is 0 Å². The third-order valence-electron chi connectivity index (χ3n) is 8.29. The number of hydrogen-bond donors (Lipinski definition) is 5. The summed E-state index contributed by atoms with van der Waals surface area (Å²) in [5.41, 5.74) is 9.01. The molecule has 4 rings (SSSR count). The number of amides is 2. The van der Waals surface area contributed by atoms with Crippen molar-refractivity contribution >= 4 is 34.4 Å². The summed E-state index contributed by atoms with van der Waals surface area (Å²) < 4.78 is 27.6. The largest absolute Gasteiger partial charge is 0.491 e. The number of nitrogens with one attached hydrogen (secondary N) is 3. The molecule has 0 saturated carbocycles. The van der Waals surface area contributed by atoms with Crippen LogP contribution in [0.5, 0.6) is 5.75 Å². The van der Waals surface area contributed by atoms with E-state index in [2.05, 4.69) is 27.0 Å². The van der Waals surface area contributed by atoms with Crippen LogP contribution < -0.4 is 26.4 Å². The minimum atomic E-state index is -1.05. The Hall–Kier alpha value is -5.12. The van der Waals surface area contributed by atoms with Crippen molar-refractivity contribution in [1.29, 1.82) is 0 Å². The number of aryl methyl sites for hydroxylation is 1. The number of anilines is 1. The molecule has 0 fully saturated rings. The van der Waals surface area contributed by atoms with Crippen LogP contribution in [0.1, 0.15) is 36.4 Å². The number of aliphatic carboxylic acids is 1. The number of carboxylic acid groups (broad SMARTS) is 1. The number of rotatable bonds is 27. The van der Waals surface area contributed by atoms with Gasteiger partial charge < -0.3 is 50.5 Å². The fourth-order valence-corrected chi connectivity index (χ4v) is 5.50. The summed E-state index contributed by atoms with van der Waals surface area (Å²) in [5.74, 6) is -0.307. The van der Waals surface area contributed by atoms with E-state index in [1.807, 2.05) is 73.7 Å². The zero-order valence-electron chi connectivity index (χ0n) is 31.4. The molecule has 1 atom stereocenters. The maximum absolute atomic E-state index is 12.7. The summed E-state index contributed by atoms with van der Waals surface area (Å²) in [7, 11) is 0. The summed E-state index contributed by atoms with van der Waals surface area (Å²) in [6, 6.07) is 22.5. The molecule has 1 heterocycles. The standard InChI is InChI=1S/C41H53N5O9/c1-30-12-15-44-38(25-30)43-14-2-3-39(47)45-29-40(48)46-37(28-41(49)50)32-6-4-31(5-7-32)33-8-9-35-27-36(11-10-34(35)26-33)55-24-23-54-22-21-53-20-19-52-18-17-51-16-13-42/h4-12,15,25-27,37H,2-3,13-14,16-24,28-29,42H2,1H3,(H,43,44)(H,45,47)(H,46,48)(H,49,50)/t37-/m0/s1. The molecule has 1 aromatic heterocycles. The quantitative estimate of drug-likeness (QED) is 0.0544. The summed E-state index contributed by atoms with van der Waals surface area (Å²) in [6.07, 6.45) is 2.20. The van der Waals surface area contributed by atoms with E-state index in [1.54, 1.807) is 6.20 Å². The van der Waals surface area contributed by atoms with Crippen molar-refractivity contribution < 1.29 is 43.2 Å². The Bertz CT molecular complexity index is 1770. The number of nitrogens with two attached hydrogens (primary N) is 1. The Morgan fingerprint density at radius 2 is 1.38 bits per heavy atom. The summed E-state index contributed by atoms with van der Waals surface area (Å²) in [5, 5.41) is 20.1. The first-order valence-electron chi connectivity index (χ1n) is 18.5. The molecule has 55 heavy (non-hydrogen) atoms. The minimum Gasteiger partial charge on any atom is -0.491 e. The van der Waals surface area contributed by atoms with Crippen molar-refractivity contribution in [3.63, 3.8) is 0 Å². The monoisotopic (exact) mass is 759 g/mol. The molecule has 6 N–H and O–H groups in total. The van der Waals surface area contributed by atoms with Crippen LogP contribution in [0.3, 0.4) is 0 Å². The molecule has 3 aromatic carbocycles. The van der Waals surface area contributed by atoms with Crippen molar-refractivity contribution in [2.75, 3.05) is 84.4 Å². The van der Waals surface area contributed by atoms with Gasteiger partial charge in [-0.25, -0.2) is 4.98 Å². The molecular formula is C41H53N5O9. The second-order valence-corrected chi connectivity index (χ2v) is 12.7. The van der Waals surface area contributed by atoms with E-state index in [1.165, 1.54) is 0 Å². The number of pyridine rings is 1. The first-order valence-corrected chi connectivity index (χ1v) is 18.5. The molecule has 0 radical (unpaired) electrons. The van der Waals surface area contributed by atoms with E-state index in [9.17, 15) is 19.5 Å². The van der Waals surface area contributed by atoms with Crippen LogP contribution in [0.25, 0.3) is 21.9 Å². The zero-order valence-corrected chi connectivity index (χ0v) is 31.4. The van der Waals surface area contributed by atoms with Crippen molar-refractivity contribution in [1.82, 2.24) is 15.6 Å². The van der Waals surface area contributed by atoms with Gasteiger partial charge in [0.25, 0.3) is 0 Å². The molecule has 0 aliphatic heterocycles. The highest BCUT2D eigenvalue weighted by Gasteiger charge is 2.19. The lowest BCUT2D eigenvalue weighted by atomic mass is 9.97. The number of ether oxygens (including phenoxy) is 5. The van der Waals surface area contributed by atoms with E-state index in [0.29, 0.717) is 84.5 Å². The van der Waals surface area contributed by atoms with Gasteiger partial charge in [0, 0.05) is 25.7 Å². The molecule has 0 aliphatic rings. The lowest BCUT2D eigenvalue weighted by molar-refractivity contribution is -0.138. The van der Waals surface area contributed by atoms with Crippen LogP contribution in [0.2, 0.25) is 0 Å². The number of aromatic nitrogens is 1. The highest BCUT2D eigenvalue weighted by molar-refractivity contribution is 5.88. The maximum Gasteiger partial charge on any atom is 0.305 e. The van der Waals surface area contributed by atoms with Gasteiger partial charge in [0.05, 0.1) is 71.9 Å². The Morgan fingerprint density at radius 1 is 0.745 bits per heavy atom. The fourth-order valence-electron chi connectivity index (χ4n) is 5.50. The Kier molecular flexibility index (Phi) is 18.8. The minimum absolute atomic E-state index is 0.231. The summed E-state index contributed by atoms with van der Waals surface area (Å²) in [4.78, 5) is 40.9. The van der Waals surface area contributed by atoms with Gasteiger partial charge in [-0.1, -0.05) is 42.5 Å². The molecule has 14 heteroatoms. The van der Waals surface area contributed by atoms with Gasteiger partial charge in [-0.05, 0) is 76.7 Å². The van der Waals surface area contributed by atoms with Crippen molar-refractivity contribution in [2.24, 2.45) is 5.73 Å². The molecule has 4 aromatic rings. The summed E-state index contributed by atoms with van der Waals surface area (Å²) in [6.45, 7) is 7.14. The number of fused-ring (bicyclic) bond motifs is 1. The predicted octanol–water partition coefficient (Wildman–Crippen LogP) is 4.25. The van der Waals surface area contributed by atoms with E-state index < -0.39 is 17.9 Å². The van der Waals surface area contributed by atoms with Crippen molar-refractivity contribution in [3.8, 4) is 16.9 Å². The number of carbonyl (C=O) groups is 3. The van der Waals surface area contributed by atoms with Gasteiger partial charge in [-0.15, -0.1) is 0 Å². The van der Waals surface area contributed by atoms with Crippen LogP contribution in [-0.4, -0.2) is 107 Å². The molecule has 0 saturated heterocycles. The van der Waals surface area contributed by atoms with E-state index in [0.717, 1.165) is 39.0 Å². The molecular weight excluding hydrogens is 706 g/mol. The highest BCUT2D eigenvalue weighted by atomic mass is 16.6. The predicted molar refractivity (Wildman–Crippen MR) is 210 cm³/mol. The smallest absolute Gasteiger partial charge is 0.305 e. The second-order valence-electron chi connectivity index (χ2n) is 12.7. The number of nitrogens with zero attached hydrogens (tertiary/aromatic N) is 1. The zero-order chi connectivity index (χ0) is 39.1. The van der Waals surface area contributed by atoms with E-state index in [-0.39, 0.29) is 25.3 Å². The topological polar surface area (TPSA) is 193 Å². The van der Waals surface area contributed by atoms with Gasteiger partial charge in [0.1, 0.15) is 18.2 Å². The average molecular weight is 760 g/mol. The normalized spacial score (nSPS) is 11.6. The second kappa shape index (κ2) is 24.3. The average Bonchev–Trinajstić information content (AvgIpc) is 3.18. The number of benzene rings is 3. The van der Waals surface area contributed by atoms with Crippen LogP contribution in [-0.2, 0) is 33.3 Å². The van der Waals surface area contributed by atoms with E-state index >= 15 is 0 Å². The van der Waals surface area contributed by atoms with Crippen molar-refractivity contribution in [3.05, 3.63) is 90.1 Å². The molecule has 0 bridgehead atoms. The van der Waals surface area contributed by atoms with Crippen LogP contribution in [0.15, 0.2) is 79.0 Å². The van der Waals surface area contributed by atoms with Gasteiger partial charge in [-0.2, -0.15) is 0 Å². The third-order valence-corrected chi connectivity index (χ3v) is 8.29. The Morgan fingerprint density at radius 3 is 2.05 bits per heavy atom. The van der Waals surface area contributed by atoms with Crippen LogP contribution in [0.4, 0.5) is 5.82 Å². The number of hydrogen-bond acceptors (Lipinski definition) is 11. The molecule has 0 aliphatic carbocycles. The van der Waals surface area contributed by atoms with Gasteiger partial charge in [-0.3, -0.25) is 14.4 Å². The lowest BCUT2D eigenvalue weighted by Gasteiger charge is -2.18. The van der Waals surface area contributed by atoms with Gasteiger partial charge >= 0.3 is 5.97 Å². The maximum atomic E-state index is 12.7. The van der Waals surface area contributed by atoms with Crippen LogP contribution >= 0.6 is 0 Å². The molecule has 14 nitrogen and oxygen atoms in total. The lowest BCUT2D eigenvalue weighted by Crippen LogP contribution is -2.39. The molecule has 2 amide bonds. The number of carbonyl (C=O) groups excluding carboxylic acids is 2. The summed E-state index contributed by atoms with van der Waals surface area (Å²) >= 11 is 0. The Labute approximate surface area is 322 Å². The third kappa shape index (κ3) is 16.4. The van der Waals surface area contributed by atoms with Crippen LogP contribution in [0, 0.1) is 6.92 Å². The van der Waals surface area contributed by atoms with E-state index in [4.69, 9.17) is 29.4 Å². The first-order chi connectivity index (χ1) is 26.8. The molecule has 296 valence electrons.